The topological polar surface area (TPSA) is 37.6 Å². The summed E-state index contributed by atoms with van der Waals surface area (Å²) < 4.78 is 7.44. The zero-order valence-electron chi connectivity index (χ0n) is 19.2. The molecule has 0 amide bonds. The average molecular weight is 401 g/mol. The van der Waals surface area contributed by atoms with Gasteiger partial charge in [0.2, 0.25) is 0 Å². The van der Waals surface area contributed by atoms with E-state index < -0.39 is 6.10 Å². The molecule has 1 aromatic carbocycles. The van der Waals surface area contributed by atoms with Gasteiger partial charge in [0, 0.05) is 38.6 Å². The summed E-state index contributed by atoms with van der Waals surface area (Å²) >= 11 is 0. The molecular formula is C25H40N2O2. The van der Waals surface area contributed by atoms with E-state index in [1.54, 1.807) is 7.11 Å². The molecule has 0 radical (unpaired) electrons. The molecule has 0 saturated heterocycles. The molecular weight excluding hydrogens is 360 g/mol. The maximum Gasteiger partial charge on any atom is 0.0900 e. The molecule has 0 aliphatic heterocycles. The normalized spacial score (nSPS) is 13.4. The molecule has 0 aliphatic rings. The van der Waals surface area contributed by atoms with Gasteiger partial charge in [-0.15, -0.1) is 0 Å². The molecule has 1 N–H and O–H groups in total. The number of hydrogen-bond acceptors (Lipinski definition) is 3. The Morgan fingerprint density at radius 1 is 1.10 bits per heavy atom. The largest absolute Gasteiger partial charge is 0.389 e. The maximum atomic E-state index is 10.2. The lowest BCUT2D eigenvalue weighted by atomic mass is 9.87. The number of hydrogen-bond donors (Lipinski definition) is 1. The Hall–Kier alpha value is -1.62. The van der Waals surface area contributed by atoms with Gasteiger partial charge in [0.1, 0.15) is 0 Å². The quantitative estimate of drug-likeness (QED) is 0.595. The second-order valence-corrected chi connectivity index (χ2v) is 9.60. The Labute approximate surface area is 177 Å². The molecule has 1 heterocycles. The van der Waals surface area contributed by atoms with Crippen molar-refractivity contribution in [2.45, 2.75) is 65.6 Å². The van der Waals surface area contributed by atoms with E-state index in [0.717, 1.165) is 26.1 Å². The average Bonchev–Trinajstić information content (AvgIpc) is 3.06. The number of rotatable bonds is 11. The van der Waals surface area contributed by atoms with Gasteiger partial charge < -0.3 is 14.4 Å². The maximum absolute atomic E-state index is 10.2. The summed E-state index contributed by atoms with van der Waals surface area (Å²) in [6.45, 7) is 14.9. The smallest absolute Gasteiger partial charge is 0.0900 e. The lowest BCUT2D eigenvalue weighted by Crippen LogP contribution is -2.36. The SMILES string of the molecule is COCC(O)CN(CCC(C)C)Cc1cccn1Cc1ccc(C(C)(C)C)cc1. The fourth-order valence-corrected chi connectivity index (χ4v) is 3.50. The molecule has 0 saturated carbocycles. The van der Waals surface area contributed by atoms with E-state index in [1.165, 1.54) is 16.8 Å². The van der Waals surface area contributed by atoms with Gasteiger partial charge in [0.05, 0.1) is 12.7 Å². The Bertz CT molecular complexity index is 713. The highest BCUT2D eigenvalue weighted by Gasteiger charge is 2.16. The lowest BCUT2D eigenvalue weighted by Gasteiger charge is -2.26. The van der Waals surface area contributed by atoms with E-state index >= 15 is 0 Å². The first-order valence-electron chi connectivity index (χ1n) is 10.8. The highest BCUT2D eigenvalue weighted by molar-refractivity contribution is 5.28. The number of ether oxygens (including phenoxy) is 1. The zero-order chi connectivity index (χ0) is 21.4. The molecule has 4 heteroatoms. The first kappa shape index (κ1) is 23.7. The predicted molar refractivity (Wildman–Crippen MR) is 121 cm³/mol. The molecule has 0 spiro atoms. The van der Waals surface area contributed by atoms with Crippen molar-refractivity contribution in [3.8, 4) is 0 Å². The number of aliphatic hydroxyl groups excluding tert-OH is 1. The number of methoxy groups -OCH3 is 1. The van der Waals surface area contributed by atoms with Gasteiger partial charge in [-0.1, -0.05) is 58.9 Å². The third-order valence-corrected chi connectivity index (χ3v) is 5.33. The monoisotopic (exact) mass is 400 g/mol. The fourth-order valence-electron chi connectivity index (χ4n) is 3.50. The zero-order valence-corrected chi connectivity index (χ0v) is 19.2. The van der Waals surface area contributed by atoms with Crippen molar-refractivity contribution in [2.24, 2.45) is 5.92 Å². The molecule has 0 bridgehead atoms. The lowest BCUT2D eigenvalue weighted by molar-refractivity contribution is 0.0343. The van der Waals surface area contributed by atoms with Crippen molar-refractivity contribution >= 4 is 0 Å². The predicted octanol–water partition coefficient (Wildman–Crippen LogP) is 4.69. The summed E-state index contributed by atoms with van der Waals surface area (Å²) in [6.07, 6.45) is 2.81. The van der Waals surface area contributed by atoms with Crippen LogP contribution in [0.4, 0.5) is 0 Å². The van der Waals surface area contributed by atoms with Gasteiger partial charge in [0.15, 0.2) is 0 Å². The summed E-state index contributed by atoms with van der Waals surface area (Å²) in [7, 11) is 1.64. The number of aromatic nitrogens is 1. The van der Waals surface area contributed by atoms with E-state index in [4.69, 9.17) is 4.74 Å². The van der Waals surface area contributed by atoms with E-state index in [9.17, 15) is 5.11 Å². The van der Waals surface area contributed by atoms with Crippen molar-refractivity contribution in [3.05, 3.63) is 59.4 Å². The molecule has 2 aromatic rings. The van der Waals surface area contributed by atoms with Crippen molar-refractivity contribution in [2.75, 3.05) is 26.8 Å². The van der Waals surface area contributed by atoms with Gasteiger partial charge in [-0.25, -0.2) is 0 Å². The molecule has 1 aromatic heterocycles. The van der Waals surface area contributed by atoms with Gasteiger partial charge in [-0.05, 0) is 47.6 Å². The Balaban J connectivity index is 2.07. The van der Waals surface area contributed by atoms with Crippen LogP contribution in [-0.2, 0) is 23.2 Å². The van der Waals surface area contributed by atoms with Crippen LogP contribution in [0.15, 0.2) is 42.6 Å². The van der Waals surface area contributed by atoms with E-state index in [0.29, 0.717) is 19.1 Å². The minimum Gasteiger partial charge on any atom is -0.389 e. The summed E-state index contributed by atoms with van der Waals surface area (Å²) in [5, 5.41) is 10.2. The number of nitrogens with zero attached hydrogens (tertiary/aromatic N) is 2. The van der Waals surface area contributed by atoms with Crippen molar-refractivity contribution in [3.63, 3.8) is 0 Å². The number of aliphatic hydroxyl groups is 1. The highest BCUT2D eigenvalue weighted by Crippen LogP contribution is 2.22. The number of benzene rings is 1. The van der Waals surface area contributed by atoms with Crippen LogP contribution in [-0.4, -0.2) is 47.5 Å². The Morgan fingerprint density at radius 2 is 1.79 bits per heavy atom. The molecule has 0 fully saturated rings. The van der Waals surface area contributed by atoms with E-state index in [1.807, 2.05) is 0 Å². The van der Waals surface area contributed by atoms with Crippen LogP contribution < -0.4 is 0 Å². The van der Waals surface area contributed by atoms with Crippen molar-refractivity contribution in [1.29, 1.82) is 0 Å². The van der Waals surface area contributed by atoms with Gasteiger partial charge in [-0.2, -0.15) is 0 Å². The molecule has 1 unspecified atom stereocenters. The molecule has 4 nitrogen and oxygen atoms in total. The van der Waals surface area contributed by atoms with E-state index in [-0.39, 0.29) is 5.41 Å². The first-order chi connectivity index (χ1) is 13.7. The first-order valence-corrected chi connectivity index (χ1v) is 10.8. The van der Waals surface area contributed by atoms with Crippen LogP contribution in [0, 0.1) is 5.92 Å². The second-order valence-electron chi connectivity index (χ2n) is 9.60. The van der Waals surface area contributed by atoms with Crippen molar-refractivity contribution < 1.29 is 9.84 Å². The van der Waals surface area contributed by atoms with E-state index in [2.05, 4.69) is 86.7 Å². The van der Waals surface area contributed by atoms with Gasteiger partial charge >= 0.3 is 0 Å². The summed E-state index contributed by atoms with van der Waals surface area (Å²) in [5.41, 5.74) is 4.12. The van der Waals surface area contributed by atoms with Gasteiger partial charge in [0.25, 0.3) is 0 Å². The van der Waals surface area contributed by atoms with Crippen LogP contribution in [0.25, 0.3) is 0 Å². The molecule has 0 aliphatic carbocycles. The molecule has 29 heavy (non-hydrogen) atoms. The second kappa shape index (κ2) is 11.0. The third-order valence-electron chi connectivity index (χ3n) is 5.33. The highest BCUT2D eigenvalue weighted by atomic mass is 16.5. The Kier molecular flexibility index (Phi) is 8.94. The Morgan fingerprint density at radius 3 is 2.38 bits per heavy atom. The summed E-state index contributed by atoms with van der Waals surface area (Å²) in [6, 6.07) is 13.3. The van der Waals surface area contributed by atoms with Crippen LogP contribution in [0.5, 0.6) is 0 Å². The minimum atomic E-state index is -0.458. The minimum absolute atomic E-state index is 0.178. The third kappa shape index (κ3) is 7.96. The molecule has 162 valence electrons. The van der Waals surface area contributed by atoms with Crippen molar-refractivity contribution in [1.82, 2.24) is 9.47 Å². The van der Waals surface area contributed by atoms with Crippen LogP contribution >= 0.6 is 0 Å². The summed E-state index contributed by atoms with van der Waals surface area (Å²) in [5.74, 6) is 0.644. The van der Waals surface area contributed by atoms with Crippen LogP contribution in [0.3, 0.4) is 0 Å². The van der Waals surface area contributed by atoms with Crippen LogP contribution in [0.1, 0.15) is 57.9 Å². The molecule has 1 atom stereocenters. The summed E-state index contributed by atoms with van der Waals surface area (Å²) in [4.78, 5) is 2.35. The van der Waals surface area contributed by atoms with Crippen LogP contribution in [0.2, 0.25) is 0 Å². The fraction of sp³-hybridized carbons (Fsp3) is 0.600. The van der Waals surface area contributed by atoms with Gasteiger partial charge in [-0.3, -0.25) is 4.90 Å². The molecule has 2 rings (SSSR count). The standard InChI is InChI=1S/C25H40N2O2/c1-20(2)13-15-26(18-24(28)19-29-6)17-23-8-7-14-27(23)16-21-9-11-22(12-10-21)25(3,4)5/h7-12,14,20,24,28H,13,15-19H2,1-6H3.